The van der Waals surface area contributed by atoms with Crippen molar-refractivity contribution < 1.29 is 14.3 Å². The highest BCUT2D eigenvalue weighted by atomic mass is 16.5. The highest BCUT2D eigenvalue weighted by Gasteiger charge is 2.44. The van der Waals surface area contributed by atoms with E-state index in [1.54, 1.807) is 18.5 Å². The fraction of sp³-hybridized carbons (Fsp3) is 0.292. The summed E-state index contributed by atoms with van der Waals surface area (Å²) in [6.45, 7) is 1.46. The molecule has 8 heteroatoms. The van der Waals surface area contributed by atoms with Gasteiger partial charge < -0.3 is 19.9 Å². The minimum atomic E-state index is -0.295. The molecule has 5 rings (SSSR count). The molecule has 2 unspecified atom stereocenters. The molecule has 2 atom stereocenters. The van der Waals surface area contributed by atoms with Crippen molar-refractivity contribution in [2.75, 3.05) is 32.6 Å². The van der Waals surface area contributed by atoms with Crippen LogP contribution in [0.4, 0.5) is 5.69 Å². The Morgan fingerprint density at radius 1 is 1.28 bits per heavy atom. The number of aromatic nitrogens is 1. The van der Waals surface area contributed by atoms with Crippen molar-refractivity contribution in [3.8, 4) is 5.75 Å². The maximum Gasteiger partial charge on any atom is 0.272 e. The smallest absolute Gasteiger partial charge is 0.272 e. The SMILES string of the molecule is CN(C)CCOc1cccc(C2CC2C(=O)Nc2cc3c4c(c[nH]c4c2)C=NNC3=O)c1. The van der Waals surface area contributed by atoms with Gasteiger partial charge in [0.2, 0.25) is 5.91 Å². The number of amides is 2. The van der Waals surface area contributed by atoms with Gasteiger partial charge in [0.1, 0.15) is 12.4 Å². The second kappa shape index (κ2) is 8.12. The van der Waals surface area contributed by atoms with Gasteiger partial charge in [0, 0.05) is 40.8 Å². The van der Waals surface area contributed by atoms with Crippen molar-refractivity contribution in [3.05, 3.63) is 59.3 Å². The fourth-order valence-corrected chi connectivity index (χ4v) is 4.14. The molecule has 3 aromatic rings. The van der Waals surface area contributed by atoms with Gasteiger partial charge in [-0.1, -0.05) is 12.1 Å². The van der Waals surface area contributed by atoms with Crippen molar-refractivity contribution in [2.45, 2.75) is 12.3 Å². The number of likely N-dealkylation sites (N-methyl/N-ethyl adjacent to an activating group) is 1. The van der Waals surface area contributed by atoms with Crippen molar-refractivity contribution in [2.24, 2.45) is 11.0 Å². The Balaban J connectivity index is 1.28. The molecule has 0 spiro atoms. The Bertz CT molecular complexity index is 1230. The first-order valence-electron chi connectivity index (χ1n) is 10.7. The predicted octanol–water partition coefficient (Wildman–Crippen LogP) is 2.93. The number of rotatable bonds is 7. The highest BCUT2D eigenvalue weighted by molar-refractivity contribution is 6.15. The zero-order valence-corrected chi connectivity index (χ0v) is 18.0. The normalized spacial score (nSPS) is 19.0. The first-order valence-corrected chi connectivity index (χ1v) is 10.7. The van der Waals surface area contributed by atoms with Crippen LogP contribution in [0.1, 0.15) is 33.8 Å². The molecule has 2 heterocycles. The summed E-state index contributed by atoms with van der Waals surface area (Å²) >= 11 is 0. The first kappa shape index (κ1) is 20.3. The van der Waals surface area contributed by atoms with Crippen molar-refractivity contribution in [1.29, 1.82) is 0 Å². The average Bonchev–Trinajstić information content (AvgIpc) is 3.50. The van der Waals surface area contributed by atoms with Gasteiger partial charge in [0.15, 0.2) is 0 Å². The van der Waals surface area contributed by atoms with Crippen LogP contribution in [-0.4, -0.2) is 55.2 Å². The van der Waals surface area contributed by atoms with Gasteiger partial charge in [0.25, 0.3) is 5.91 Å². The van der Waals surface area contributed by atoms with Gasteiger partial charge in [-0.25, -0.2) is 5.43 Å². The monoisotopic (exact) mass is 431 g/mol. The van der Waals surface area contributed by atoms with Crippen LogP contribution in [0.15, 0.2) is 47.7 Å². The van der Waals surface area contributed by atoms with E-state index in [0.717, 1.165) is 40.7 Å². The summed E-state index contributed by atoms with van der Waals surface area (Å²) in [6, 6.07) is 11.5. The van der Waals surface area contributed by atoms with E-state index in [1.165, 1.54) is 0 Å². The summed E-state index contributed by atoms with van der Waals surface area (Å²) in [7, 11) is 4.02. The average molecular weight is 431 g/mol. The zero-order chi connectivity index (χ0) is 22.2. The number of nitrogens with one attached hydrogen (secondary N) is 3. The van der Waals surface area contributed by atoms with Gasteiger partial charge in [-0.2, -0.15) is 5.10 Å². The zero-order valence-electron chi connectivity index (χ0n) is 18.0. The maximum atomic E-state index is 12.9. The predicted molar refractivity (Wildman–Crippen MR) is 123 cm³/mol. The molecule has 8 nitrogen and oxygen atoms in total. The number of anilines is 1. The van der Waals surface area contributed by atoms with Gasteiger partial charge in [-0.15, -0.1) is 0 Å². The molecule has 1 aliphatic heterocycles. The first-order chi connectivity index (χ1) is 15.5. The summed E-state index contributed by atoms with van der Waals surface area (Å²) in [5, 5.41) is 7.72. The number of aromatic amines is 1. The number of hydrazone groups is 1. The van der Waals surface area contributed by atoms with Gasteiger partial charge in [0.05, 0.1) is 11.8 Å². The number of H-pyrrole nitrogens is 1. The van der Waals surface area contributed by atoms with Crippen LogP contribution in [0, 0.1) is 5.92 Å². The molecular weight excluding hydrogens is 406 g/mol. The number of ether oxygens (including phenoxy) is 1. The summed E-state index contributed by atoms with van der Waals surface area (Å²) in [4.78, 5) is 30.5. The summed E-state index contributed by atoms with van der Waals surface area (Å²) in [5.41, 5.74) is 6.31. The molecular formula is C24H25N5O3. The highest BCUT2D eigenvalue weighted by Crippen LogP contribution is 2.48. The number of benzene rings is 2. The standard InChI is InChI=1S/C24H25N5O3/c1-29(2)6-7-32-17-5-3-4-14(8-17)18-11-19(18)23(30)27-16-9-20-22-15(12-25-21(22)10-16)13-26-28-24(20)31/h3-5,8-10,12-13,18-19,25H,6-7,11H2,1-2H3,(H,27,30)(H,28,31). The van der Waals surface area contributed by atoms with Crippen molar-refractivity contribution in [1.82, 2.24) is 15.3 Å². The number of carbonyl (C=O) groups excluding carboxylic acids is 2. The lowest BCUT2D eigenvalue weighted by Gasteiger charge is -2.12. The summed E-state index contributed by atoms with van der Waals surface area (Å²) in [6.07, 6.45) is 4.20. The molecule has 2 amide bonds. The fourth-order valence-electron chi connectivity index (χ4n) is 4.14. The maximum absolute atomic E-state index is 12.9. The van der Waals surface area contributed by atoms with Crippen molar-refractivity contribution >= 4 is 34.6 Å². The van der Waals surface area contributed by atoms with E-state index in [-0.39, 0.29) is 23.7 Å². The molecule has 2 aliphatic rings. The molecule has 1 saturated carbocycles. The van der Waals surface area contributed by atoms with E-state index in [9.17, 15) is 9.59 Å². The molecule has 1 fully saturated rings. The van der Waals surface area contributed by atoms with Crippen LogP contribution in [0.3, 0.4) is 0 Å². The topological polar surface area (TPSA) is 98.8 Å². The third kappa shape index (κ3) is 3.97. The Morgan fingerprint density at radius 3 is 3.00 bits per heavy atom. The number of hydrogen-bond donors (Lipinski definition) is 3. The molecule has 1 aromatic heterocycles. The minimum Gasteiger partial charge on any atom is -0.492 e. The quantitative estimate of drug-likeness (QED) is 0.536. The third-order valence-electron chi connectivity index (χ3n) is 5.91. The Kier molecular flexibility index (Phi) is 5.14. The molecule has 0 saturated heterocycles. The molecule has 2 aromatic carbocycles. The lowest BCUT2D eigenvalue weighted by Crippen LogP contribution is -2.19. The molecule has 3 N–H and O–H groups in total. The number of nitrogens with zero attached hydrogens (tertiary/aromatic N) is 2. The summed E-state index contributed by atoms with van der Waals surface area (Å²) in [5.74, 6) is 0.560. The number of carbonyl (C=O) groups is 2. The van der Waals surface area contributed by atoms with E-state index in [2.05, 4.69) is 25.7 Å². The molecule has 32 heavy (non-hydrogen) atoms. The van der Waals surface area contributed by atoms with Gasteiger partial charge in [-0.3, -0.25) is 9.59 Å². The van der Waals surface area contributed by atoms with Crippen LogP contribution < -0.4 is 15.5 Å². The van der Waals surface area contributed by atoms with E-state index in [0.29, 0.717) is 17.9 Å². The second-order valence-corrected chi connectivity index (χ2v) is 8.55. The van der Waals surface area contributed by atoms with E-state index in [4.69, 9.17) is 4.74 Å². The van der Waals surface area contributed by atoms with Crippen LogP contribution in [0.25, 0.3) is 10.9 Å². The van der Waals surface area contributed by atoms with E-state index in [1.807, 2.05) is 44.4 Å². The largest absolute Gasteiger partial charge is 0.492 e. The lowest BCUT2D eigenvalue weighted by atomic mass is 10.0. The van der Waals surface area contributed by atoms with Crippen LogP contribution in [0.2, 0.25) is 0 Å². The van der Waals surface area contributed by atoms with Crippen LogP contribution >= 0.6 is 0 Å². The van der Waals surface area contributed by atoms with E-state index < -0.39 is 0 Å². The van der Waals surface area contributed by atoms with Crippen LogP contribution in [0.5, 0.6) is 5.75 Å². The Hall–Kier alpha value is -3.65. The van der Waals surface area contributed by atoms with Gasteiger partial charge in [-0.05, 0) is 56.3 Å². The Labute approximate surface area is 185 Å². The number of hydrogen-bond acceptors (Lipinski definition) is 5. The lowest BCUT2D eigenvalue weighted by molar-refractivity contribution is -0.117. The van der Waals surface area contributed by atoms with E-state index >= 15 is 0 Å². The van der Waals surface area contributed by atoms with Gasteiger partial charge >= 0.3 is 0 Å². The minimum absolute atomic E-state index is 0.0439. The van der Waals surface area contributed by atoms with Crippen LogP contribution in [-0.2, 0) is 4.79 Å². The third-order valence-corrected chi connectivity index (χ3v) is 5.91. The molecule has 164 valence electrons. The second-order valence-electron chi connectivity index (χ2n) is 8.55. The Morgan fingerprint density at radius 2 is 2.16 bits per heavy atom. The molecule has 0 bridgehead atoms. The molecule has 0 radical (unpaired) electrons. The summed E-state index contributed by atoms with van der Waals surface area (Å²) < 4.78 is 5.83. The van der Waals surface area contributed by atoms with Crippen molar-refractivity contribution in [3.63, 3.8) is 0 Å². The molecule has 1 aliphatic carbocycles.